The summed E-state index contributed by atoms with van der Waals surface area (Å²) in [4.78, 5) is 0. The standard InChI is InChI=1S/C13H26N2O/c16-13(7-2-1-3-8-13)11-15-12-5-4-9-14-10-6-12/h12,14-16H,1-11H2. The zero-order chi connectivity index (χ0) is 11.3. The van der Waals surface area contributed by atoms with Crippen molar-refractivity contribution in [1.29, 1.82) is 0 Å². The third-order valence-corrected chi connectivity index (χ3v) is 4.08. The highest BCUT2D eigenvalue weighted by atomic mass is 16.3. The molecule has 3 nitrogen and oxygen atoms in total. The molecule has 0 spiro atoms. The minimum atomic E-state index is -0.405. The van der Waals surface area contributed by atoms with Crippen LogP contribution in [0, 0.1) is 0 Å². The zero-order valence-electron chi connectivity index (χ0n) is 10.3. The van der Waals surface area contributed by atoms with Gasteiger partial charge in [-0.3, -0.25) is 0 Å². The highest BCUT2D eigenvalue weighted by Crippen LogP contribution is 2.27. The lowest BCUT2D eigenvalue weighted by Crippen LogP contribution is -2.45. The molecule has 2 fully saturated rings. The average Bonchev–Trinajstić information content (AvgIpc) is 2.56. The monoisotopic (exact) mass is 226 g/mol. The predicted octanol–water partition coefficient (Wildman–Crippen LogP) is 1.41. The van der Waals surface area contributed by atoms with Crippen LogP contribution in [0.3, 0.4) is 0 Å². The van der Waals surface area contributed by atoms with E-state index < -0.39 is 5.60 Å². The quantitative estimate of drug-likeness (QED) is 0.682. The molecule has 16 heavy (non-hydrogen) atoms. The predicted molar refractivity (Wildman–Crippen MR) is 66.5 cm³/mol. The summed E-state index contributed by atoms with van der Waals surface area (Å²) in [6.07, 6.45) is 9.40. The molecule has 1 aliphatic carbocycles. The van der Waals surface area contributed by atoms with Crippen LogP contribution in [0.2, 0.25) is 0 Å². The number of hydrogen-bond acceptors (Lipinski definition) is 3. The Morgan fingerprint density at radius 2 is 1.88 bits per heavy atom. The topological polar surface area (TPSA) is 44.3 Å². The van der Waals surface area contributed by atoms with Crippen molar-refractivity contribution in [3.05, 3.63) is 0 Å². The highest BCUT2D eigenvalue weighted by Gasteiger charge is 2.29. The van der Waals surface area contributed by atoms with Crippen molar-refractivity contribution in [3.8, 4) is 0 Å². The van der Waals surface area contributed by atoms with Gasteiger partial charge < -0.3 is 15.7 Å². The Bertz CT molecular complexity index is 194. The van der Waals surface area contributed by atoms with Crippen molar-refractivity contribution < 1.29 is 5.11 Å². The van der Waals surface area contributed by atoms with Crippen LogP contribution in [0.15, 0.2) is 0 Å². The summed E-state index contributed by atoms with van der Waals surface area (Å²) in [7, 11) is 0. The first-order valence-corrected chi connectivity index (χ1v) is 6.95. The normalized spacial score (nSPS) is 30.9. The summed E-state index contributed by atoms with van der Waals surface area (Å²) >= 11 is 0. The van der Waals surface area contributed by atoms with Crippen LogP contribution in [-0.4, -0.2) is 36.4 Å². The number of aliphatic hydroxyl groups is 1. The maximum atomic E-state index is 10.4. The van der Waals surface area contributed by atoms with Gasteiger partial charge in [0.1, 0.15) is 0 Å². The molecule has 2 aliphatic rings. The second-order valence-corrected chi connectivity index (χ2v) is 5.54. The Morgan fingerprint density at radius 1 is 1.06 bits per heavy atom. The minimum Gasteiger partial charge on any atom is -0.389 e. The fourth-order valence-electron chi connectivity index (χ4n) is 2.94. The van der Waals surface area contributed by atoms with Crippen molar-refractivity contribution in [2.45, 2.75) is 63.0 Å². The molecule has 0 aromatic carbocycles. The van der Waals surface area contributed by atoms with Gasteiger partial charge in [0.15, 0.2) is 0 Å². The van der Waals surface area contributed by atoms with Crippen molar-refractivity contribution in [1.82, 2.24) is 10.6 Å². The largest absolute Gasteiger partial charge is 0.389 e. The van der Waals surface area contributed by atoms with E-state index >= 15 is 0 Å². The molecule has 1 heterocycles. The average molecular weight is 226 g/mol. The number of nitrogens with one attached hydrogen (secondary N) is 2. The highest BCUT2D eigenvalue weighted by molar-refractivity contribution is 4.86. The van der Waals surface area contributed by atoms with Crippen LogP contribution >= 0.6 is 0 Å². The van der Waals surface area contributed by atoms with E-state index in [9.17, 15) is 5.11 Å². The molecular formula is C13H26N2O. The van der Waals surface area contributed by atoms with E-state index in [1.54, 1.807) is 0 Å². The summed E-state index contributed by atoms with van der Waals surface area (Å²) in [6, 6.07) is 0.612. The van der Waals surface area contributed by atoms with Crippen LogP contribution < -0.4 is 10.6 Å². The Kier molecular flexibility index (Phi) is 4.62. The molecule has 94 valence electrons. The maximum Gasteiger partial charge on any atom is 0.0771 e. The Hall–Kier alpha value is -0.120. The van der Waals surface area contributed by atoms with Gasteiger partial charge in [0.05, 0.1) is 5.60 Å². The number of hydrogen-bond donors (Lipinski definition) is 3. The molecule has 1 aliphatic heterocycles. The third-order valence-electron chi connectivity index (χ3n) is 4.08. The molecule has 1 atom stereocenters. The molecule has 0 amide bonds. The molecule has 0 aromatic heterocycles. The van der Waals surface area contributed by atoms with Crippen LogP contribution in [0.5, 0.6) is 0 Å². The van der Waals surface area contributed by atoms with Gasteiger partial charge in [-0.05, 0) is 45.2 Å². The van der Waals surface area contributed by atoms with E-state index in [-0.39, 0.29) is 0 Å². The van der Waals surface area contributed by atoms with Gasteiger partial charge in [-0.25, -0.2) is 0 Å². The lowest BCUT2D eigenvalue weighted by molar-refractivity contribution is 0.00235. The maximum absolute atomic E-state index is 10.4. The Labute approximate surface area is 99.0 Å². The van der Waals surface area contributed by atoms with E-state index in [1.807, 2.05) is 0 Å². The van der Waals surface area contributed by atoms with Crippen molar-refractivity contribution in [2.24, 2.45) is 0 Å². The van der Waals surface area contributed by atoms with Gasteiger partial charge in [-0.1, -0.05) is 19.3 Å². The molecule has 2 rings (SSSR count). The van der Waals surface area contributed by atoms with Crippen LogP contribution in [0.25, 0.3) is 0 Å². The Morgan fingerprint density at radius 3 is 2.69 bits per heavy atom. The molecular weight excluding hydrogens is 200 g/mol. The third kappa shape index (κ3) is 3.72. The molecule has 3 N–H and O–H groups in total. The Balaban J connectivity index is 1.72. The second kappa shape index (κ2) is 5.99. The smallest absolute Gasteiger partial charge is 0.0771 e. The van der Waals surface area contributed by atoms with E-state index in [1.165, 1.54) is 38.5 Å². The molecule has 0 aromatic rings. The van der Waals surface area contributed by atoms with E-state index in [4.69, 9.17) is 0 Å². The van der Waals surface area contributed by atoms with Crippen LogP contribution in [0.4, 0.5) is 0 Å². The van der Waals surface area contributed by atoms with E-state index in [2.05, 4.69) is 10.6 Å². The van der Waals surface area contributed by atoms with Gasteiger partial charge in [-0.15, -0.1) is 0 Å². The van der Waals surface area contributed by atoms with E-state index in [0.29, 0.717) is 6.04 Å². The second-order valence-electron chi connectivity index (χ2n) is 5.54. The lowest BCUT2D eigenvalue weighted by Gasteiger charge is -2.33. The fourth-order valence-corrected chi connectivity index (χ4v) is 2.94. The van der Waals surface area contributed by atoms with Crippen molar-refractivity contribution in [2.75, 3.05) is 19.6 Å². The summed E-state index contributed by atoms with van der Waals surface area (Å²) in [6.45, 7) is 3.08. The summed E-state index contributed by atoms with van der Waals surface area (Å²) in [5, 5.41) is 17.4. The first-order chi connectivity index (χ1) is 7.79. The molecule has 1 saturated carbocycles. The van der Waals surface area contributed by atoms with Gasteiger partial charge in [0.2, 0.25) is 0 Å². The molecule has 3 heteroatoms. The van der Waals surface area contributed by atoms with Crippen LogP contribution in [0.1, 0.15) is 51.4 Å². The fraction of sp³-hybridized carbons (Fsp3) is 1.00. The lowest BCUT2D eigenvalue weighted by atomic mass is 9.84. The van der Waals surface area contributed by atoms with Gasteiger partial charge in [0.25, 0.3) is 0 Å². The zero-order valence-corrected chi connectivity index (χ0v) is 10.3. The summed E-state index contributed by atoms with van der Waals surface area (Å²) < 4.78 is 0. The molecule has 0 radical (unpaired) electrons. The SMILES string of the molecule is OC1(CNC2CCCNCC2)CCCCC1. The molecule has 0 bridgehead atoms. The van der Waals surface area contributed by atoms with Crippen molar-refractivity contribution >= 4 is 0 Å². The number of rotatable bonds is 3. The summed E-state index contributed by atoms with van der Waals surface area (Å²) in [5.74, 6) is 0. The van der Waals surface area contributed by atoms with Crippen LogP contribution in [-0.2, 0) is 0 Å². The van der Waals surface area contributed by atoms with Crippen molar-refractivity contribution in [3.63, 3.8) is 0 Å². The summed E-state index contributed by atoms with van der Waals surface area (Å²) in [5.41, 5.74) is -0.405. The van der Waals surface area contributed by atoms with E-state index in [0.717, 1.165) is 32.5 Å². The molecule has 1 saturated heterocycles. The first-order valence-electron chi connectivity index (χ1n) is 6.95. The van der Waals surface area contributed by atoms with Gasteiger partial charge in [-0.2, -0.15) is 0 Å². The molecule has 1 unspecified atom stereocenters. The first kappa shape index (κ1) is 12.3. The van der Waals surface area contributed by atoms with Gasteiger partial charge >= 0.3 is 0 Å². The minimum absolute atomic E-state index is 0.405. The van der Waals surface area contributed by atoms with Gasteiger partial charge in [0, 0.05) is 12.6 Å².